The van der Waals surface area contributed by atoms with E-state index in [9.17, 15) is 14.7 Å². The Labute approximate surface area is 151 Å². The van der Waals surface area contributed by atoms with Crippen molar-refractivity contribution in [3.63, 3.8) is 0 Å². The van der Waals surface area contributed by atoms with Crippen LogP contribution in [-0.2, 0) is 9.59 Å². The molecule has 3 N–H and O–H groups in total. The minimum atomic E-state index is -0.917. The van der Waals surface area contributed by atoms with E-state index in [4.69, 9.17) is 4.74 Å². The summed E-state index contributed by atoms with van der Waals surface area (Å²) in [6, 6.07) is 10.2. The first-order valence-electron chi connectivity index (χ1n) is 8.08. The zero-order valence-corrected chi connectivity index (χ0v) is 14.9. The number of hydrazone groups is 1. The summed E-state index contributed by atoms with van der Waals surface area (Å²) in [5, 5.41) is 16.2. The Morgan fingerprint density at radius 1 is 1.15 bits per heavy atom. The maximum atomic E-state index is 11.9. The highest BCUT2D eigenvalue weighted by Crippen LogP contribution is 2.28. The van der Waals surface area contributed by atoms with Crippen molar-refractivity contribution in [2.45, 2.75) is 20.8 Å². The van der Waals surface area contributed by atoms with Crippen molar-refractivity contribution in [3.05, 3.63) is 53.1 Å². The Kier molecular flexibility index (Phi) is 6.32. The number of phenolic OH excluding ortho intramolecular Hbond substituents is 1. The molecular weight excluding hydrogens is 334 g/mol. The molecule has 0 spiro atoms. The summed E-state index contributed by atoms with van der Waals surface area (Å²) in [5.74, 6) is -1.53. The summed E-state index contributed by atoms with van der Waals surface area (Å²) >= 11 is 0. The summed E-state index contributed by atoms with van der Waals surface area (Å²) in [6.45, 7) is 6.08. The first-order chi connectivity index (χ1) is 12.4. The third-order valence-electron chi connectivity index (χ3n) is 3.67. The molecule has 136 valence electrons. The number of carbonyl (C=O) groups excluding carboxylic acids is 2. The SMILES string of the molecule is CCOc1cccc(/C=N/NC(=O)C(=O)Nc2ccc(C)c(C)c2)c1O. The van der Waals surface area contributed by atoms with E-state index in [2.05, 4.69) is 15.8 Å². The highest BCUT2D eigenvalue weighted by Gasteiger charge is 2.13. The molecule has 0 atom stereocenters. The molecule has 0 aliphatic carbocycles. The standard InChI is InChI=1S/C19H21N3O4/c1-4-26-16-7-5-6-14(17(16)23)11-20-22-19(25)18(24)21-15-9-8-12(2)13(3)10-15/h5-11,23H,4H2,1-3H3,(H,21,24)(H,22,25)/b20-11+. The molecule has 2 rings (SSSR count). The summed E-state index contributed by atoms with van der Waals surface area (Å²) in [7, 11) is 0. The summed E-state index contributed by atoms with van der Waals surface area (Å²) < 4.78 is 5.26. The van der Waals surface area contributed by atoms with Crippen LogP contribution < -0.4 is 15.5 Å². The molecule has 26 heavy (non-hydrogen) atoms. The number of anilines is 1. The summed E-state index contributed by atoms with van der Waals surface area (Å²) in [4.78, 5) is 23.7. The average Bonchev–Trinajstić information content (AvgIpc) is 2.61. The predicted octanol–water partition coefficient (Wildman–Crippen LogP) is 2.50. The number of aromatic hydroxyl groups is 1. The average molecular weight is 355 g/mol. The van der Waals surface area contributed by atoms with Gasteiger partial charge in [-0.05, 0) is 56.2 Å². The van der Waals surface area contributed by atoms with Gasteiger partial charge < -0.3 is 15.2 Å². The summed E-state index contributed by atoms with van der Waals surface area (Å²) in [5.41, 5.74) is 5.10. The maximum absolute atomic E-state index is 11.9. The lowest BCUT2D eigenvalue weighted by atomic mass is 10.1. The predicted molar refractivity (Wildman–Crippen MR) is 99.6 cm³/mol. The van der Waals surface area contributed by atoms with Crippen LogP contribution in [0.15, 0.2) is 41.5 Å². The number of phenols is 1. The quantitative estimate of drug-likeness (QED) is 0.436. The smallest absolute Gasteiger partial charge is 0.329 e. The minimum Gasteiger partial charge on any atom is -0.504 e. The number of para-hydroxylation sites is 1. The van der Waals surface area contributed by atoms with Gasteiger partial charge in [-0.25, -0.2) is 5.43 Å². The van der Waals surface area contributed by atoms with Crippen molar-refractivity contribution >= 4 is 23.7 Å². The number of nitrogens with one attached hydrogen (secondary N) is 2. The van der Waals surface area contributed by atoms with Gasteiger partial charge in [0, 0.05) is 11.3 Å². The van der Waals surface area contributed by atoms with E-state index >= 15 is 0 Å². The van der Waals surface area contributed by atoms with Crippen LogP contribution in [0, 0.1) is 13.8 Å². The molecule has 0 aromatic heterocycles. The number of benzene rings is 2. The molecule has 2 aromatic carbocycles. The third kappa shape index (κ3) is 4.83. The lowest BCUT2D eigenvalue weighted by molar-refractivity contribution is -0.136. The van der Waals surface area contributed by atoms with Crippen LogP contribution in [0.1, 0.15) is 23.6 Å². The highest BCUT2D eigenvalue weighted by atomic mass is 16.5. The van der Waals surface area contributed by atoms with Crippen molar-refractivity contribution in [1.29, 1.82) is 0 Å². The molecule has 2 amide bonds. The first kappa shape index (κ1) is 19.0. The number of hydrogen-bond acceptors (Lipinski definition) is 5. The number of rotatable bonds is 5. The van der Waals surface area contributed by atoms with Crippen LogP contribution >= 0.6 is 0 Å². The van der Waals surface area contributed by atoms with Crippen molar-refractivity contribution in [2.75, 3.05) is 11.9 Å². The van der Waals surface area contributed by atoms with Crippen LogP contribution in [0.3, 0.4) is 0 Å². The van der Waals surface area contributed by atoms with Crippen LogP contribution in [-0.4, -0.2) is 29.7 Å². The number of ether oxygens (including phenoxy) is 1. The van der Waals surface area contributed by atoms with Gasteiger partial charge in [0.15, 0.2) is 11.5 Å². The minimum absolute atomic E-state index is 0.0908. The van der Waals surface area contributed by atoms with Crippen LogP contribution in [0.2, 0.25) is 0 Å². The normalized spacial score (nSPS) is 10.6. The van der Waals surface area contributed by atoms with Gasteiger partial charge in [-0.1, -0.05) is 12.1 Å². The van der Waals surface area contributed by atoms with Gasteiger partial charge >= 0.3 is 11.8 Å². The van der Waals surface area contributed by atoms with Gasteiger partial charge in [0.25, 0.3) is 0 Å². The molecule has 0 radical (unpaired) electrons. The van der Waals surface area contributed by atoms with E-state index in [0.717, 1.165) is 11.1 Å². The van der Waals surface area contributed by atoms with E-state index in [1.165, 1.54) is 6.21 Å². The van der Waals surface area contributed by atoms with E-state index in [1.54, 1.807) is 37.3 Å². The largest absolute Gasteiger partial charge is 0.504 e. The Morgan fingerprint density at radius 2 is 1.92 bits per heavy atom. The van der Waals surface area contributed by atoms with E-state index < -0.39 is 11.8 Å². The topological polar surface area (TPSA) is 100 Å². The van der Waals surface area contributed by atoms with E-state index in [0.29, 0.717) is 23.6 Å². The molecule has 0 saturated carbocycles. The van der Waals surface area contributed by atoms with Gasteiger partial charge in [0.05, 0.1) is 12.8 Å². The number of amides is 2. The highest BCUT2D eigenvalue weighted by molar-refractivity contribution is 6.39. The van der Waals surface area contributed by atoms with Gasteiger partial charge in [0.1, 0.15) is 0 Å². The zero-order valence-electron chi connectivity index (χ0n) is 14.9. The van der Waals surface area contributed by atoms with E-state index in [1.807, 2.05) is 19.9 Å². The molecule has 7 heteroatoms. The molecule has 0 bridgehead atoms. The fraction of sp³-hybridized carbons (Fsp3) is 0.211. The van der Waals surface area contributed by atoms with Crippen molar-refractivity contribution in [1.82, 2.24) is 5.43 Å². The van der Waals surface area contributed by atoms with Gasteiger partial charge in [-0.15, -0.1) is 0 Å². The second kappa shape index (κ2) is 8.66. The second-order valence-corrected chi connectivity index (χ2v) is 5.58. The Balaban J connectivity index is 1.97. The molecular formula is C19H21N3O4. The first-order valence-corrected chi connectivity index (χ1v) is 8.08. The Morgan fingerprint density at radius 3 is 2.62 bits per heavy atom. The lowest BCUT2D eigenvalue weighted by Gasteiger charge is -2.07. The molecule has 0 aliphatic rings. The maximum Gasteiger partial charge on any atom is 0.329 e. The molecule has 0 aliphatic heterocycles. The number of nitrogens with zero attached hydrogens (tertiary/aromatic N) is 1. The van der Waals surface area contributed by atoms with Crippen LogP contribution in [0.4, 0.5) is 5.69 Å². The Bertz CT molecular complexity index is 847. The van der Waals surface area contributed by atoms with Gasteiger partial charge in [-0.2, -0.15) is 5.10 Å². The molecule has 0 fully saturated rings. The number of carbonyl (C=O) groups is 2. The van der Waals surface area contributed by atoms with Gasteiger partial charge in [0.2, 0.25) is 0 Å². The fourth-order valence-electron chi connectivity index (χ4n) is 2.13. The third-order valence-corrected chi connectivity index (χ3v) is 3.67. The molecule has 2 aromatic rings. The zero-order chi connectivity index (χ0) is 19.1. The fourth-order valence-corrected chi connectivity index (χ4v) is 2.13. The second-order valence-electron chi connectivity index (χ2n) is 5.58. The van der Waals surface area contributed by atoms with E-state index in [-0.39, 0.29) is 5.75 Å². The molecule has 0 saturated heterocycles. The lowest BCUT2D eigenvalue weighted by Crippen LogP contribution is -2.32. The molecule has 0 unspecified atom stereocenters. The van der Waals surface area contributed by atoms with Crippen LogP contribution in [0.25, 0.3) is 0 Å². The van der Waals surface area contributed by atoms with Gasteiger partial charge in [-0.3, -0.25) is 9.59 Å². The molecule has 7 nitrogen and oxygen atoms in total. The van der Waals surface area contributed by atoms with Crippen LogP contribution in [0.5, 0.6) is 11.5 Å². The van der Waals surface area contributed by atoms with Crippen molar-refractivity contribution in [3.8, 4) is 11.5 Å². The van der Waals surface area contributed by atoms with Crippen molar-refractivity contribution < 1.29 is 19.4 Å². The number of aryl methyl sites for hydroxylation is 2. The Hall–Kier alpha value is -3.35. The number of hydrogen-bond donors (Lipinski definition) is 3. The summed E-state index contributed by atoms with van der Waals surface area (Å²) in [6.07, 6.45) is 1.24. The monoisotopic (exact) mass is 355 g/mol. The van der Waals surface area contributed by atoms with Crippen molar-refractivity contribution in [2.24, 2.45) is 5.10 Å². The molecule has 0 heterocycles.